The first-order chi connectivity index (χ1) is 16.4. The molecule has 1 aromatic heterocycles. The molecule has 0 fully saturated rings. The minimum atomic E-state index is -0.623. The van der Waals surface area contributed by atoms with Crippen LogP contribution in [0.4, 0.5) is 0 Å². The standard InChI is InChI=1S/C26H21Cl2NO5/c1-3-32-26(31)25-16(2)29(18-7-5-4-6-8-18)22-11-10-19(14-20(22)25)34-24(30)15-33-23-12-9-17(27)13-21(23)28/h4-14H,3,15H2,1-2H3. The first kappa shape index (κ1) is 23.7. The highest BCUT2D eigenvalue weighted by molar-refractivity contribution is 6.35. The smallest absolute Gasteiger partial charge is 0.349 e. The SMILES string of the molecule is CCOC(=O)c1c(C)n(-c2ccccc2)c2ccc(OC(=O)COc3ccc(Cl)cc3Cl)cc12. The summed E-state index contributed by atoms with van der Waals surface area (Å²) in [7, 11) is 0. The Morgan fingerprint density at radius 3 is 2.44 bits per heavy atom. The van der Waals surface area contributed by atoms with Gasteiger partial charge >= 0.3 is 11.9 Å². The Morgan fingerprint density at radius 2 is 1.74 bits per heavy atom. The number of aromatic nitrogens is 1. The number of hydrogen-bond donors (Lipinski definition) is 0. The lowest BCUT2D eigenvalue weighted by molar-refractivity contribution is -0.136. The zero-order valence-corrected chi connectivity index (χ0v) is 20.0. The van der Waals surface area contributed by atoms with Crippen molar-refractivity contribution in [3.8, 4) is 17.2 Å². The highest BCUT2D eigenvalue weighted by Gasteiger charge is 2.23. The molecule has 6 nitrogen and oxygen atoms in total. The van der Waals surface area contributed by atoms with Crippen LogP contribution in [-0.2, 0) is 9.53 Å². The third kappa shape index (κ3) is 4.88. The second-order valence-electron chi connectivity index (χ2n) is 7.37. The molecule has 0 amide bonds. The molecule has 0 unspecified atom stereocenters. The number of hydrogen-bond acceptors (Lipinski definition) is 5. The van der Waals surface area contributed by atoms with Gasteiger partial charge in [0, 0.05) is 21.8 Å². The maximum absolute atomic E-state index is 12.8. The number of carbonyl (C=O) groups is 2. The van der Waals surface area contributed by atoms with Crippen LogP contribution in [0, 0.1) is 6.92 Å². The molecule has 0 aliphatic heterocycles. The maximum Gasteiger partial charge on any atom is 0.349 e. The van der Waals surface area contributed by atoms with E-state index in [0.29, 0.717) is 26.7 Å². The van der Waals surface area contributed by atoms with Gasteiger partial charge in [0.05, 0.1) is 22.7 Å². The molecule has 0 radical (unpaired) electrons. The van der Waals surface area contributed by atoms with Gasteiger partial charge in [-0.15, -0.1) is 0 Å². The summed E-state index contributed by atoms with van der Waals surface area (Å²) in [4.78, 5) is 25.2. The lowest BCUT2D eigenvalue weighted by Crippen LogP contribution is -2.17. The Morgan fingerprint density at radius 1 is 0.971 bits per heavy atom. The van der Waals surface area contributed by atoms with E-state index >= 15 is 0 Å². The van der Waals surface area contributed by atoms with Gasteiger partial charge in [-0.1, -0.05) is 41.4 Å². The van der Waals surface area contributed by atoms with Gasteiger partial charge in [-0.2, -0.15) is 0 Å². The Kier molecular flexibility index (Phi) is 7.10. The largest absolute Gasteiger partial charge is 0.480 e. The van der Waals surface area contributed by atoms with E-state index in [1.165, 1.54) is 6.07 Å². The second-order valence-corrected chi connectivity index (χ2v) is 8.21. The number of ether oxygens (including phenoxy) is 3. The number of benzene rings is 3. The van der Waals surface area contributed by atoms with Crippen molar-refractivity contribution in [1.29, 1.82) is 0 Å². The first-order valence-corrected chi connectivity index (χ1v) is 11.3. The second kappa shape index (κ2) is 10.2. The highest BCUT2D eigenvalue weighted by atomic mass is 35.5. The number of esters is 2. The summed E-state index contributed by atoms with van der Waals surface area (Å²) in [6.45, 7) is 3.50. The fourth-order valence-corrected chi connectivity index (χ4v) is 4.18. The van der Waals surface area contributed by atoms with Crippen LogP contribution < -0.4 is 9.47 Å². The normalized spacial score (nSPS) is 10.8. The summed E-state index contributed by atoms with van der Waals surface area (Å²) >= 11 is 11.9. The number of rotatable bonds is 7. The molecule has 0 N–H and O–H groups in total. The van der Waals surface area contributed by atoms with Crippen molar-refractivity contribution in [2.45, 2.75) is 13.8 Å². The average Bonchev–Trinajstić information content (AvgIpc) is 3.10. The Bertz CT molecular complexity index is 1360. The van der Waals surface area contributed by atoms with Gasteiger partial charge in [-0.05, 0) is 62.4 Å². The molecule has 0 saturated carbocycles. The van der Waals surface area contributed by atoms with Crippen LogP contribution >= 0.6 is 23.2 Å². The van der Waals surface area contributed by atoms with Crippen molar-refractivity contribution >= 4 is 46.0 Å². The zero-order chi connectivity index (χ0) is 24.2. The Hall–Kier alpha value is -3.48. The lowest BCUT2D eigenvalue weighted by Gasteiger charge is -2.10. The van der Waals surface area contributed by atoms with E-state index in [1.807, 2.05) is 41.8 Å². The third-order valence-electron chi connectivity index (χ3n) is 5.14. The van der Waals surface area contributed by atoms with E-state index in [0.717, 1.165) is 16.9 Å². The molecular formula is C26H21Cl2NO5. The topological polar surface area (TPSA) is 66.8 Å². The summed E-state index contributed by atoms with van der Waals surface area (Å²) in [5, 5.41) is 1.37. The molecule has 3 aromatic carbocycles. The summed E-state index contributed by atoms with van der Waals surface area (Å²) in [6.07, 6.45) is 0. The van der Waals surface area contributed by atoms with E-state index in [-0.39, 0.29) is 19.0 Å². The minimum Gasteiger partial charge on any atom is -0.480 e. The van der Waals surface area contributed by atoms with E-state index in [2.05, 4.69) is 0 Å². The fraction of sp³-hybridized carbons (Fsp3) is 0.154. The molecule has 4 rings (SSSR count). The number of fused-ring (bicyclic) bond motifs is 1. The quantitative estimate of drug-likeness (QED) is 0.218. The van der Waals surface area contributed by atoms with E-state index in [9.17, 15) is 9.59 Å². The van der Waals surface area contributed by atoms with Crippen molar-refractivity contribution in [2.75, 3.05) is 13.2 Å². The number of carbonyl (C=O) groups excluding carboxylic acids is 2. The van der Waals surface area contributed by atoms with Crippen LogP contribution in [0.1, 0.15) is 23.0 Å². The van der Waals surface area contributed by atoms with Gasteiger partial charge in [0.1, 0.15) is 11.5 Å². The Labute approximate surface area is 206 Å². The van der Waals surface area contributed by atoms with Crippen molar-refractivity contribution in [1.82, 2.24) is 4.57 Å². The lowest BCUT2D eigenvalue weighted by atomic mass is 10.1. The van der Waals surface area contributed by atoms with E-state index in [1.54, 1.807) is 37.3 Å². The van der Waals surface area contributed by atoms with Crippen molar-refractivity contribution in [3.05, 3.63) is 88.0 Å². The third-order valence-corrected chi connectivity index (χ3v) is 5.67. The Balaban J connectivity index is 1.64. The van der Waals surface area contributed by atoms with Crippen LogP contribution in [0.25, 0.3) is 16.6 Å². The van der Waals surface area contributed by atoms with Crippen LogP contribution in [0.2, 0.25) is 10.0 Å². The van der Waals surface area contributed by atoms with Gasteiger partial charge in [0.15, 0.2) is 6.61 Å². The van der Waals surface area contributed by atoms with Crippen LogP contribution in [0.5, 0.6) is 11.5 Å². The molecular weight excluding hydrogens is 477 g/mol. The molecule has 0 aliphatic carbocycles. The first-order valence-electron chi connectivity index (χ1n) is 10.5. The summed E-state index contributed by atoms with van der Waals surface area (Å²) in [5.74, 6) is -0.469. The van der Waals surface area contributed by atoms with Gasteiger partial charge in [0.25, 0.3) is 0 Å². The van der Waals surface area contributed by atoms with Gasteiger partial charge < -0.3 is 18.8 Å². The molecule has 0 bridgehead atoms. The van der Waals surface area contributed by atoms with Gasteiger partial charge in [-0.3, -0.25) is 0 Å². The maximum atomic E-state index is 12.8. The van der Waals surface area contributed by atoms with E-state index in [4.69, 9.17) is 37.4 Å². The van der Waals surface area contributed by atoms with Gasteiger partial charge in [-0.25, -0.2) is 9.59 Å². The molecule has 34 heavy (non-hydrogen) atoms. The van der Waals surface area contributed by atoms with Crippen LogP contribution in [-0.4, -0.2) is 29.7 Å². The molecule has 4 aromatic rings. The van der Waals surface area contributed by atoms with Gasteiger partial charge in [0.2, 0.25) is 0 Å². The van der Waals surface area contributed by atoms with E-state index < -0.39 is 11.9 Å². The van der Waals surface area contributed by atoms with Crippen LogP contribution in [0.3, 0.4) is 0 Å². The molecule has 0 atom stereocenters. The van der Waals surface area contributed by atoms with Crippen molar-refractivity contribution < 1.29 is 23.8 Å². The predicted octanol–water partition coefficient (Wildman–Crippen LogP) is 6.41. The molecule has 0 spiro atoms. The number of halogens is 2. The molecule has 1 heterocycles. The summed E-state index contributed by atoms with van der Waals surface area (Å²) in [6, 6.07) is 19.5. The predicted molar refractivity (Wildman–Crippen MR) is 132 cm³/mol. The van der Waals surface area contributed by atoms with Crippen LogP contribution in [0.15, 0.2) is 66.7 Å². The zero-order valence-electron chi connectivity index (χ0n) is 18.5. The molecule has 0 saturated heterocycles. The number of nitrogens with zero attached hydrogens (tertiary/aromatic N) is 1. The summed E-state index contributed by atoms with van der Waals surface area (Å²) < 4.78 is 18.2. The molecule has 174 valence electrons. The monoisotopic (exact) mass is 497 g/mol. The molecule has 8 heteroatoms. The summed E-state index contributed by atoms with van der Waals surface area (Å²) in [5.41, 5.74) is 2.83. The van der Waals surface area contributed by atoms with Crippen molar-refractivity contribution in [2.24, 2.45) is 0 Å². The number of para-hydroxylation sites is 1. The van der Waals surface area contributed by atoms with Crippen molar-refractivity contribution in [3.63, 3.8) is 0 Å². The highest BCUT2D eigenvalue weighted by Crippen LogP contribution is 2.33. The fourth-order valence-electron chi connectivity index (χ4n) is 3.72. The minimum absolute atomic E-state index is 0.246. The average molecular weight is 498 g/mol. The molecule has 0 aliphatic rings.